The summed E-state index contributed by atoms with van der Waals surface area (Å²) in [4.78, 5) is 3.64. The zero-order valence-corrected chi connectivity index (χ0v) is 15.7. The Morgan fingerprint density at radius 2 is 1.64 bits per heavy atom. The first-order valence-corrected chi connectivity index (χ1v) is 9.96. The van der Waals surface area contributed by atoms with Crippen molar-refractivity contribution in [2.75, 3.05) is 0 Å². The van der Waals surface area contributed by atoms with Gasteiger partial charge in [-0.25, -0.2) is 0 Å². The van der Waals surface area contributed by atoms with Crippen molar-refractivity contribution < 1.29 is 9.84 Å². The highest BCUT2D eigenvalue weighted by atomic mass is 16.5. The third-order valence-electron chi connectivity index (χ3n) is 6.10. The van der Waals surface area contributed by atoms with Gasteiger partial charge in [-0.2, -0.15) is 0 Å². The summed E-state index contributed by atoms with van der Waals surface area (Å²) in [5, 5.41) is 15.3. The molecule has 4 heteroatoms. The van der Waals surface area contributed by atoms with Gasteiger partial charge in [0.15, 0.2) is 0 Å². The van der Waals surface area contributed by atoms with Gasteiger partial charge >= 0.3 is 0 Å². The summed E-state index contributed by atoms with van der Waals surface area (Å²) in [5.41, 5.74) is 4.57. The van der Waals surface area contributed by atoms with Crippen molar-refractivity contribution in [1.82, 2.24) is 9.55 Å². The number of nitrogens with zero attached hydrogens (tertiary/aromatic N) is 1. The Kier molecular flexibility index (Phi) is 3.37. The minimum Gasteiger partial charge on any atom is -0.393 e. The number of ether oxygens (including phenoxy) is 1. The van der Waals surface area contributed by atoms with Crippen LogP contribution in [-0.4, -0.2) is 26.9 Å². The van der Waals surface area contributed by atoms with Crippen LogP contribution in [0.4, 0.5) is 0 Å². The molecule has 3 aromatic carbocycles. The molecular weight excluding hydrogens is 348 g/mol. The number of rotatable bonds is 1. The molecule has 1 fully saturated rings. The highest BCUT2D eigenvalue weighted by molar-refractivity contribution is 6.22. The Hall–Kier alpha value is -2.82. The standard InChI is InChI=1S/C24H22N2O2/c1-14-12-15(27)13-22(28-14)26-21-9-5-3-7-17(21)19-11-10-18-16-6-2-4-8-20(16)25-23(18)24(19)26/h2-11,14-15,22,25,27H,12-13H2,1H3/t14?,15-,22+/m1/s1. The fourth-order valence-corrected chi connectivity index (χ4v) is 4.96. The van der Waals surface area contributed by atoms with E-state index >= 15 is 0 Å². The summed E-state index contributed by atoms with van der Waals surface area (Å²) >= 11 is 0. The van der Waals surface area contributed by atoms with E-state index in [0.29, 0.717) is 12.8 Å². The van der Waals surface area contributed by atoms with E-state index in [0.717, 1.165) is 22.1 Å². The first kappa shape index (κ1) is 16.2. The number of benzene rings is 3. The molecule has 3 heterocycles. The summed E-state index contributed by atoms with van der Waals surface area (Å²) in [6, 6.07) is 21.3. The van der Waals surface area contributed by atoms with Crippen molar-refractivity contribution in [3.63, 3.8) is 0 Å². The Bertz CT molecular complexity index is 1340. The maximum atomic E-state index is 10.4. The lowest BCUT2D eigenvalue weighted by molar-refractivity contribution is -0.118. The largest absolute Gasteiger partial charge is 0.393 e. The van der Waals surface area contributed by atoms with Gasteiger partial charge < -0.3 is 19.4 Å². The zero-order valence-electron chi connectivity index (χ0n) is 15.7. The molecule has 0 saturated carbocycles. The number of H-pyrrole nitrogens is 1. The van der Waals surface area contributed by atoms with Crippen LogP contribution >= 0.6 is 0 Å². The van der Waals surface area contributed by atoms with Crippen LogP contribution < -0.4 is 0 Å². The fourth-order valence-electron chi connectivity index (χ4n) is 4.96. The second-order valence-electron chi connectivity index (χ2n) is 7.97. The lowest BCUT2D eigenvalue weighted by Crippen LogP contribution is -2.32. The molecule has 0 aliphatic carbocycles. The molecule has 1 unspecified atom stereocenters. The van der Waals surface area contributed by atoms with E-state index in [9.17, 15) is 5.11 Å². The number of hydrogen-bond acceptors (Lipinski definition) is 2. The molecule has 28 heavy (non-hydrogen) atoms. The predicted molar refractivity (Wildman–Crippen MR) is 114 cm³/mol. The summed E-state index contributed by atoms with van der Waals surface area (Å²) in [6.07, 6.45) is 0.807. The lowest BCUT2D eigenvalue weighted by atomic mass is 10.1. The molecule has 3 atom stereocenters. The number of nitrogens with one attached hydrogen (secondary N) is 1. The fraction of sp³-hybridized carbons (Fsp3) is 0.250. The van der Waals surface area contributed by atoms with Crippen molar-refractivity contribution in [1.29, 1.82) is 0 Å². The van der Waals surface area contributed by atoms with E-state index in [1.54, 1.807) is 0 Å². The van der Waals surface area contributed by atoms with Crippen molar-refractivity contribution in [3.05, 3.63) is 60.7 Å². The van der Waals surface area contributed by atoms with Crippen LogP contribution in [0.2, 0.25) is 0 Å². The molecule has 6 rings (SSSR count). The first-order chi connectivity index (χ1) is 13.7. The molecular formula is C24H22N2O2. The Morgan fingerprint density at radius 1 is 0.893 bits per heavy atom. The second-order valence-corrected chi connectivity index (χ2v) is 7.97. The minimum atomic E-state index is -0.341. The number of aliphatic hydroxyl groups excluding tert-OH is 1. The number of aromatic nitrogens is 2. The smallest absolute Gasteiger partial charge is 0.137 e. The number of hydrogen-bond donors (Lipinski definition) is 2. The van der Waals surface area contributed by atoms with Gasteiger partial charge in [-0.3, -0.25) is 0 Å². The van der Waals surface area contributed by atoms with Crippen LogP contribution in [0, 0.1) is 0 Å². The molecule has 5 aromatic rings. The van der Waals surface area contributed by atoms with Gasteiger partial charge in [0.05, 0.1) is 28.8 Å². The third-order valence-corrected chi connectivity index (χ3v) is 6.10. The van der Waals surface area contributed by atoms with Crippen LogP contribution in [0.25, 0.3) is 43.6 Å². The molecule has 1 aliphatic rings. The van der Waals surface area contributed by atoms with Crippen LogP contribution in [0.1, 0.15) is 26.0 Å². The van der Waals surface area contributed by atoms with Crippen LogP contribution in [0.15, 0.2) is 60.7 Å². The molecule has 0 radical (unpaired) electrons. The maximum Gasteiger partial charge on any atom is 0.137 e. The number of aromatic amines is 1. The van der Waals surface area contributed by atoms with Gasteiger partial charge in [-0.1, -0.05) is 48.5 Å². The van der Waals surface area contributed by atoms with E-state index in [-0.39, 0.29) is 18.4 Å². The SMILES string of the molecule is CC1C[C@@H](O)C[C@@H](n2c3ccccc3c3ccc4c5ccccc5[nH]c4c32)O1. The molecule has 140 valence electrons. The Labute approximate surface area is 162 Å². The van der Waals surface area contributed by atoms with Gasteiger partial charge in [0.25, 0.3) is 0 Å². The Balaban J connectivity index is 1.76. The first-order valence-electron chi connectivity index (χ1n) is 9.96. The van der Waals surface area contributed by atoms with E-state index in [2.05, 4.69) is 70.2 Å². The summed E-state index contributed by atoms with van der Waals surface area (Å²) in [7, 11) is 0. The van der Waals surface area contributed by atoms with Crippen molar-refractivity contribution in [3.8, 4) is 0 Å². The number of fused-ring (bicyclic) bond motifs is 7. The van der Waals surface area contributed by atoms with E-state index < -0.39 is 0 Å². The molecule has 2 N–H and O–H groups in total. The van der Waals surface area contributed by atoms with E-state index in [1.807, 2.05) is 6.92 Å². The van der Waals surface area contributed by atoms with E-state index in [4.69, 9.17) is 4.74 Å². The highest BCUT2D eigenvalue weighted by Crippen LogP contribution is 2.41. The predicted octanol–water partition coefficient (Wildman–Crippen LogP) is 5.49. The summed E-state index contributed by atoms with van der Waals surface area (Å²) in [5.74, 6) is 0. The molecule has 0 spiro atoms. The third kappa shape index (κ3) is 2.19. The van der Waals surface area contributed by atoms with Gasteiger partial charge in [0.1, 0.15) is 6.23 Å². The number of para-hydroxylation sites is 2. The average molecular weight is 370 g/mol. The lowest BCUT2D eigenvalue weighted by Gasteiger charge is -2.33. The minimum absolute atomic E-state index is 0.0341. The Morgan fingerprint density at radius 3 is 2.50 bits per heavy atom. The molecule has 0 bridgehead atoms. The van der Waals surface area contributed by atoms with Gasteiger partial charge in [0, 0.05) is 33.5 Å². The van der Waals surface area contributed by atoms with Gasteiger partial charge in [-0.05, 0) is 25.5 Å². The van der Waals surface area contributed by atoms with Crippen LogP contribution in [0.3, 0.4) is 0 Å². The van der Waals surface area contributed by atoms with Gasteiger partial charge in [0.2, 0.25) is 0 Å². The normalized spacial score (nSPS) is 23.3. The topological polar surface area (TPSA) is 50.2 Å². The molecule has 1 aliphatic heterocycles. The number of aliphatic hydroxyl groups is 1. The highest BCUT2D eigenvalue weighted by Gasteiger charge is 2.30. The van der Waals surface area contributed by atoms with Crippen LogP contribution in [0.5, 0.6) is 0 Å². The quantitative estimate of drug-likeness (QED) is 0.410. The summed E-state index contributed by atoms with van der Waals surface area (Å²) in [6.45, 7) is 2.04. The molecule has 4 nitrogen and oxygen atoms in total. The van der Waals surface area contributed by atoms with E-state index in [1.165, 1.54) is 21.5 Å². The van der Waals surface area contributed by atoms with Crippen molar-refractivity contribution in [2.24, 2.45) is 0 Å². The van der Waals surface area contributed by atoms with Crippen LogP contribution in [-0.2, 0) is 4.74 Å². The van der Waals surface area contributed by atoms with Gasteiger partial charge in [-0.15, -0.1) is 0 Å². The average Bonchev–Trinajstić information content (AvgIpc) is 3.23. The maximum absolute atomic E-state index is 10.4. The summed E-state index contributed by atoms with van der Waals surface area (Å²) < 4.78 is 8.62. The molecule has 0 amide bonds. The monoisotopic (exact) mass is 370 g/mol. The van der Waals surface area contributed by atoms with Crippen molar-refractivity contribution in [2.45, 2.75) is 38.2 Å². The molecule has 1 saturated heterocycles. The molecule has 2 aromatic heterocycles. The van der Waals surface area contributed by atoms with Crippen molar-refractivity contribution >= 4 is 43.6 Å². The second kappa shape index (κ2) is 5.84. The zero-order chi connectivity index (χ0) is 18.8.